The van der Waals surface area contributed by atoms with Gasteiger partial charge in [0, 0.05) is 44.2 Å². The van der Waals surface area contributed by atoms with Gasteiger partial charge in [-0.05, 0) is 12.1 Å². The second-order valence-corrected chi connectivity index (χ2v) is 4.80. The molecule has 0 bridgehead atoms. The van der Waals surface area contributed by atoms with Gasteiger partial charge < -0.3 is 10.2 Å². The lowest BCUT2D eigenvalue weighted by Crippen LogP contribution is -2.50. The second kappa shape index (κ2) is 6.66. The van der Waals surface area contributed by atoms with Crippen LogP contribution in [0.1, 0.15) is 0 Å². The highest BCUT2D eigenvalue weighted by Gasteiger charge is 2.20. The van der Waals surface area contributed by atoms with Crippen molar-refractivity contribution in [1.82, 2.24) is 9.80 Å². The first kappa shape index (κ1) is 13.2. The van der Waals surface area contributed by atoms with E-state index in [1.807, 2.05) is 35.2 Å². The topological polar surface area (TPSA) is 35.6 Å². The fourth-order valence-corrected chi connectivity index (χ4v) is 2.32. The van der Waals surface area contributed by atoms with Gasteiger partial charge in [0.1, 0.15) is 0 Å². The maximum atomic E-state index is 12.0. The molecule has 0 spiro atoms. The van der Waals surface area contributed by atoms with Crippen molar-refractivity contribution in [2.75, 3.05) is 43.8 Å². The van der Waals surface area contributed by atoms with Crippen molar-refractivity contribution < 1.29 is 4.79 Å². The van der Waals surface area contributed by atoms with Crippen LogP contribution >= 0.6 is 12.6 Å². The number of carbonyl (C=O) groups excluding carboxylic acids is 1. The van der Waals surface area contributed by atoms with E-state index in [1.54, 1.807) is 0 Å². The van der Waals surface area contributed by atoms with E-state index in [1.165, 1.54) is 0 Å². The molecule has 0 saturated carbocycles. The van der Waals surface area contributed by atoms with Crippen LogP contribution in [0.25, 0.3) is 0 Å². The Bertz CT molecular complexity index is 377. The van der Waals surface area contributed by atoms with Gasteiger partial charge >= 0.3 is 6.03 Å². The molecule has 0 atom stereocenters. The lowest BCUT2D eigenvalue weighted by atomic mass is 10.3. The highest BCUT2D eigenvalue weighted by molar-refractivity contribution is 7.80. The highest BCUT2D eigenvalue weighted by Crippen LogP contribution is 2.08. The molecule has 1 aromatic rings. The van der Waals surface area contributed by atoms with E-state index >= 15 is 0 Å². The fourth-order valence-electron chi connectivity index (χ4n) is 2.04. The molecule has 1 aliphatic heterocycles. The number of nitrogens with one attached hydrogen (secondary N) is 1. The number of urea groups is 1. The maximum Gasteiger partial charge on any atom is 0.321 e. The zero-order chi connectivity index (χ0) is 12.8. The molecule has 2 rings (SSSR count). The average Bonchev–Trinajstić information content (AvgIpc) is 2.41. The second-order valence-electron chi connectivity index (χ2n) is 4.35. The third-order valence-electron chi connectivity index (χ3n) is 3.10. The van der Waals surface area contributed by atoms with E-state index in [4.69, 9.17) is 0 Å². The lowest BCUT2D eigenvalue weighted by Gasteiger charge is -2.34. The van der Waals surface area contributed by atoms with Crippen LogP contribution in [0, 0.1) is 0 Å². The van der Waals surface area contributed by atoms with Crippen molar-refractivity contribution in [3.63, 3.8) is 0 Å². The van der Waals surface area contributed by atoms with Crippen LogP contribution in [-0.4, -0.2) is 54.3 Å². The molecular weight excluding hydrogens is 246 g/mol. The Labute approximate surface area is 113 Å². The van der Waals surface area contributed by atoms with E-state index in [9.17, 15) is 4.79 Å². The van der Waals surface area contributed by atoms with Gasteiger partial charge in [0.2, 0.25) is 0 Å². The number of benzene rings is 1. The molecule has 98 valence electrons. The summed E-state index contributed by atoms with van der Waals surface area (Å²) in [5.74, 6) is 0.871. The first-order valence-corrected chi connectivity index (χ1v) is 6.87. The summed E-state index contributed by atoms with van der Waals surface area (Å²) in [5, 5.41) is 2.91. The zero-order valence-corrected chi connectivity index (χ0v) is 11.3. The predicted molar refractivity (Wildman–Crippen MR) is 77.3 cm³/mol. The molecule has 1 N–H and O–H groups in total. The summed E-state index contributed by atoms with van der Waals surface area (Å²) in [6.45, 7) is 4.43. The molecule has 2 amide bonds. The molecule has 0 radical (unpaired) electrons. The maximum absolute atomic E-state index is 12.0. The van der Waals surface area contributed by atoms with Crippen LogP contribution in [0.5, 0.6) is 0 Å². The molecule has 0 unspecified atom stereocenters. The van der Waals surface area contributed by atoms with Crippen molar-refractivity contribution in [2.45, 2.75) is 0 Å². The minimum absolute atomic E-state index is 0.00766. The molecule has 1 fully saturated rings. The summed E-state index contributed by atoms with van der Waals surface area (Å²) in [6, 6.07) is 9.56. The summed E-state index contributed by atoms with van der Waals surface area (Å²) in [4.78, 5) is 16.2. The van der Waals surface area contributed by atoms with Gasteiger partial charge in [0.25, 0.3) is 0 Å². The molecule has 4 nitrogen and oxygen atoms in total. The number of anilines is 1. The summed E-state index contributed by atoms with van der Waals surface area (Å²) in [7, 11) is 0. The smallest absolute Gasteiger partial charge is 0.321 e. The largest absolute Gasteiger partial charge is 0.322 e. The molecule has 1 heterocycles. The number of para-hydroxylation sites is 1. The van der Waals surface area contributed by atoms with E-state index in [-0.39, 0.29) is 6.03 Å². The third-order valence-corrected chi connectivity index (χ3v) is 3.30. The normalized spacial score (nSPS) is 16.6. The van der Waals surface area contributed by atoms with Gasteiger partial charge in [-0.1, -0.05) is 18.2 Å². The summed E-state index contributed by atoms with van der Waals surface area (Å²) < 4.78 is 0. The van der Waals surface area contributed by atoms with Gasteiger partial charge in [0.15, 0.2) is 0 Å². The Morgan fingerprint density at radius 1 is 1.17 bits per heavy atom. The average molecular weight is 265 g/mol. The minimum Gasteiger partial charge on any atom is -0.322 e. The number of rotatable bonds is 3. The van der Waals surface area contributed by atoms with Crippen molar-refractivity contribution in [3.8, 4) is 0 Å². The molecule has 0 aromatic heterocycles. The number of piperazine rings is 1. The van der Waals surface area contributed by atoms with E-state index in [0.717, 1.165) is 44.2 Å². The van der Waals surface area contributed by atoms with Gasteiger partial charge in [-0.15, -0.1) is 0 Å². The molecule has 1 saturated heterocycles. The van der Waals surface area contributed by atoms with Crippen molar-refractivity contribution in [3.05, 3.63) is 30.3 Å². The summed E-state index contributed by atoms with van der Waals surface area (Å²) >= 11 is 4.23. The fraction of sp³-hybridized carbons (Fsp3) is 0.462. The standard InChI is InChI=1S/C13H19N3OS/c17-13(14-12-4-2-1-3-5-12)16-8-6-15(7-9-16)10-11-18/h1-5,18H,6-11H2,(H,14,17). The Morgan fingerprint density at radius 2 is 1.83 bits per heavy atom. The molecule has 1 aliphatic rings. The predicted octanol–water partition coefficient (Wildman–Crippen LogP) is 1.77. The van der Waals surface area contributed by atoms with Crippen LogP contribution in [0.4, 0.5) is 10.5 Å². The Balaban J connectivity index is 1.81. The Kier molecular flexibility index (Phi) is 4.90. The first-order chi connectivity index (χ1) is 8.79. The Morgan fingerprint density at radius 3 is 2.44 bits per heavy atom. The molecule has 0 aliphatic carbocycles. The van der Waals surface area contributed by atoms with Gasteiger partial charge in [-0.25, -0.2) is 4.79 Å². The van der Waals surface area contributed by atoms with Crippen LogP contribution < -0.4 is 5.32 Å². The summed E-state index contributed by atoms with van der Waals surface area (Å²) in [5.41, 5.74) is 0.847. The quantitative estimate of drug-likeness (QED) is 0.817. The third kappa shape index (κ3) is 3.65. The SMILES string of the molecule is O=C(Nc1ccccc1)N1CCN(CCS)CC1. The Hall–Kier alpha value is -1.20. The van der Waals surface area contributed by atoms with Crippen molar-refractivity contribution in [1.29, 1.82) is 0 Å². The lowest BCUT2D eigenvalue weighted by molar-refractivity contribution is 0.152. The number of thiol groups is 1. The van der Waals surface area contributed by atoms with Gasteiger partial charge in [-0.3, -0.25) is 4.90 Å². The number of carbonyl (C=O) groups is 1. The molecule has 18 heavy (non-hydrogen) atoms. The van der Waals surface area contributed by atoms with Crippen molar-refractivity contribution >= 4 is 24.3 Å². The highest BCUT2D eigenvalue weighted by atomic mass is 32.1. The van der Waals surface area contributed by atoms with E-state index in [0.29, 0.717) is 0 Å². The summed E-state index contributed by atoms with van der Waals surface area (Å²) in [6.07, 6.45) is 0. The van der Waals surface area contributed by atoms with Crippen LogP contribution in [-0.2, 0) is 0 Å². The zero-order valence-electron chi connectivity index (χ0n) is 10.4. The number of nitrogens with zero attached hydrogens (tertiary/aromatic N) is 2. The van der Waals surface area contributed by atoms with Crippen LogP contribution in [0.15, 0.2) is 30.3 Å². The molecular formula is C13H19N3OS. The monoisotopic (exact) mass is 265 g/mol. The van der Waals surface area contributed by atoms with Crippen LogP contribution in [0.3, 0.4) is 0 Å². The van der Waals surface area contributed by atoms with E-state index < -0.39 is 0 Å². The van der Waals surface area contributed by atoms with Crippen molar-refractivity contribution in [2.24, 2.45) is 0 Å². The minimum atomic E-state index is -0.00766. The van der Waals surface area contributed by atoms with Crippen LogP contribution in [0.2, 0.25) is 0 Å². The number of amides is 2. The molecule has 1 aromatic carbocycles. The number of hydrogen-bond donors (Lipinski definition) is 2. The van der Waals surface area contributed by atoms with E-state index in [2.05, 4.69) is 22.8 Å². The number of hydrogen-bond acceptors (Lipinski definition) is 3. The first-order valence-electron chi connectivity index (χ1n) is 6.24. The van der Waals surface area contributed by atoms with Gasteiger partial charge in [-0.2, -0.15) is 12.6 Å². The molecule has 5 heteroatoms. The van der Waals surface area contributed by atoms with Gasteiger partial charge in [0.05, 0.1) is 0 Å².